The van der Waals surface area contributed by atoms with Gasteiger partial charge in [-0.3, -0.25) is 9.48 Å². The Kier molecular flexibility index (Phi) is 5.01. The number of rotatable bonds is 5. The van der Waals surface area contributed by atoms with E-state index < -0.39 is 0 Å². The summed E-state index contributed by atoms with van der Waals surface area (Å²) < 4.78 is 1.82. The highest BCUT2D eigenvalue weighted by molar-refractivity contribution is 5.79. The number of hydrogen-bond donors (Lipinski definition) is 1. The van der Waals surface area contributed by atoms with Gasteiger partial charge in [0.05, 0.1) is 18.2 Å². The van der Waals surface area contributed by atoms with Crippen molar-refractivity contribution in [3.05, 3.63) is 52.3 Å². The van der Waals surface area contributed by atoms with Crippen molar-refractivity contribution in [3.63, 3.8) is 0 Å². The lowest BCUT2D eigenvalue weighted by Gasteiger charge is -2.15. The molecule has 1 heterocycles. The van der Waals surface area contributed by atoms with Crippen LogP contribution in [-0.4, -0.2) is 15.7 Å². The number of benzene rings is 1. The molecule has 0 aliphatic rings. The summed E-state index contributed by atoms with van der Waals surface area (Å²) in [6, 6.07) is 8.42. The van der Waals surface area contributed by atoms with Gasteiger partial charge in [-0.25, -0.2) is 0 Å². The molecule has 0 aliphatic carbocycles. The van der Waals surface area contributed by atoms with Crippen LogP contribution in [-0.2, 0) is 24.7 Å². The molecule has 0 radical (unpaired) electrons. The summed E-state index contributed by atoms with van der Waals surface area (Å²) in [6.07, 6.45) is 1.41. The minimum Gasteiger partial charge on any atom is -0.349 e. The van der Waals surface area contributed by atoms with Crippen LogP contribution in [0.1, 0.15) is 48.0 Å². The lowest BCUT2D eigenvalue weighted by molar-refractivity contribution is -0.121. The molecule has 0 spiro atoms. The summed E-state index contributed by atoms with van der Waals surface area (Å²) in [5, 5.41) is 7.43. The van der Waals surface area contributed by atoms with Crippen molar-refractivity contribution in [1.82, 2.24) is 15.1 Å². The Labute approximate surface area is 132 Å². The van der Waals surface area contributed by atoms with Crippen LogP contribution in [0.25, 0.3) is 0 Å². The van der Waals surface area contributed by atoms with E-state index in [1.54, 1.807) is 0 Å². The van der Waals surface area contributed by atoms with Gasteiger partial charge in [0, 0.05) is 18.3 Å². The van der Waals surface area contributed by atoms with Crippen LogP contribution < -0.4 is 5.32 Å². The molecule has 1 aromatic carbocycles. The fraction of sp³-hybridized carbons (Fsp3) is 0.444. The van der Waals surface area contributed by atoms with Crippen molar-refractivity contribution in [3.8, 4) is 0 Å². The van der Waals surface area contributed by atoms with E-state index in [0.717, 1.165) is 28.9 Å². The number of aryl methyl sites for hydroxylation is 3. The van der Waals surface area contributed by atoms with Gasteiger partial charge in [0.15, 0.2) is 0 Å². The largest absolute Gasteiger partial charge is 0.349 e. The van der Waals surface area contributed by atoms with Crippen LogP contribution in [0, 0.1) is 13.8 Å². The summed E-state index contributed by atoms with van der Waals surface area (Å²) in [5.41, 5.74) is 5.44. The van der Waals surface area contributed by atoms with Crippen LogP contribution >= 0.6 is 0 Å². The normalized spacial score (nSPS) is 12.2. The van der Waals surface area contributed by atoms with E-state index >= 15 is 0 Å². The SMILES string of the molecule is CCc1ccc(C(C)NC(=O)Cc2c(C)nn(C)c2C)cc1. The van der Waals surface area contributed by atoms with Gasteiger partial charge >= 0.3 is 0 Å². The molecule has 0 fully saturated rings. The molecule has 2 aromatic rings. The highest BCUT2D eigenvalue weighted by Gasteiger charge is 2.15. The number of aromatic nitrogens is 2. The minimum atomic E-state index is 0.00990. The van der Waals surface area contributed by atoms with Gasteiger partial charge in [0.25, 0.3) is 0 Å². The molecule has 4 nitrogen and oxygen atoms in total. The summed E-state index contributed by atoms with van der Waals surface area (Å²) in [7, 11) is 1.90. The Balaban J connectivity index is 2.01. The van der Waals surface area contributed by atoms with Crippen molar-refractivity contribution in [2.75, 3.05) is 0 Å². The summed E-state index contributed by atoms with van der Waals surface area (Å²) in [5.74, 6) is 0.0336. The standard InChI is InChI=1S/C18H25N3O/c1-6-15-7-9-16(10-8-15)12(2)19-18(22)11-17-13(3)20-21(5)14(17)4/h7-10,12H,6,11H2,1-5H3,(H,19,22). The zero-order valence-corrected chi connectivity index (χ0v) is 14.1. The predicted molar refractivity (Wildman–Crippen MR) is 88.8 cm³/mol. The first-order chi connectivity index (χ1) is 10.4. The number of nitrogens with one attached hydrogen (secondary N) is 1. The Bertz CT molecular complexity index is 656. The van der Waals surface area contributed by atoms with Gasteiger partial charge in [-0.1, -0.05) is 31.2 Å². The Morgan fingerprint density at radius 3 is 2.41 bits per heavy atom. The molecule has 1 amide bonds. The van der Waals surface area contributed by atoms with Gasteiger partial charge in [0.2, 0.25) is 5.91 Å². The van der Waals surface area contributed by atoms with E-state index in [1.165, 1.54) is 5.56 Å². The quantitative estimate of drug-likeness (QED) is 0.922. The van der Waals surface area contributed by atoms with Crippen LogP contribution in [0.15, 0.2) is 24.3 Å². The summed E-state index contributed by atoms with van der Waals surface area (Å²) in [6.45, 7) is 8.10. The molecule has 4 heteroatoms. The maximum atomic E-state index is 12.3. The molecule has 22 heavy (non-hydrogen) atoms. The molecular formula is C18H25N3O. The number of hydrogen-bond acceptors (Lipinski definition) is 2. The molecule has 1 atom stereocenters. The minimum absolute atomic E-state index is 0.00990. The fourth-order valence-corrected chi connectivity index (χ4v) is 2.65. The average molecular weight is 299 g/mol. The molecule has 0 saturated carbocycles. The average Bonchev–Trinajstić information content (AvgIpc) is 2.73. The molecule has 1 N–H and O–H groups in total. The van der Waals surface area contributed by atoms with Crippen molar-refractivity contribution in [2.24, 2.45) is 7.05 Å². The van der Waals surface area contributed by atoms with E-state index in [1.807, 2.05) is 32.5 Å². The van der Waals surface area contributed by atoms with Crippen molar-refractivity contribution >= 4 is 5.91 Å². The van der Waals surface area contributed by atoms with Gasteiger partial charge in [0.1, 0.15) is 0 Å². The van der Waals surface area contributed by atoms with E-state index in [4.69, 9.17) is 0 Å². The maximum Gasteiger partial charge on any atom is 0.225 e. The first-order valence-corrected chi connectivity index (χ1v) is 7.79. The van der Waals surface area contributed by atoms with Gasteiger partial charge in [-0.05, 0) is 38.3 Å². The zero-order chi connectivity index (χ0) is 16.3. The number of nitrogens with zero attached hydrogens (tertiary/aromatic N) is 2. The topological polar surface area (TPSA) is 46.9 Å². The Morgan fingerprint density at radius 1 is 1.27 bits per heavy atom. The zero-order valence-electron chi connectivity index (χ0n) is 14.1. The van der Waals surface area contributed by atoms with E-state index in [2.05, 4.69) is 41.6 Å². The second kappa shape index (κ2) is 6.77. The predicted octanol–water partition coefficient (Wildman–Crippen LogP) is 3.02. The summed E-state index contributed by atoms with van der Waals surface area (Å²) >= 11 is 0. The second-order valence-electron chi connectivity index (χ2n) is 5.83. The van der Waals surface area contributed by atoms with Crippen LogP contribution in [0.3, 0.4) is 0 Å². The van der Waals surface area contributed by atoms with E-state index in [-0.39, 0.29) is 11.9 Å². The van der Waals surface area contributed by atoms with Gasteiger partial charge in [-0.2, -0.15) is 5.10 Å². The highest BCUT2D eigenvalue weighted by Crippen LogP contribution is 2.16. The monoisotopic (exact) mass is 299 g/mol. The van der Waals surface area contributed by atoms with Gasteiger partial charge in [-0.15, -0.1) is 0 Å². The number of carbonyl (C=O) groups is 1. The van der Waals surface area contributed by atoms with Crippen molar-refractivity contribution in [2.45, 2.75) is 46.6 Å². The van der Waals surface area contributed by atoms with Crippen LogP contribution in [0.4, 0.5) is 0 Å². The first-order valence-electron chi connectivity index (χ1n) is 7.79. The summed E-state index contributed by atoms with van der Waals surface area (Å²) in [4.78, 5) is 12.3. The molecule has 0 saturated heterocycles. The number of carbonyl (C=O) groups excluding carboxylic acids is 1. The third kappa shape index (κ3) is 3.56. The molecular weight excluding hydrogens is 274 g/mol. The Morgan fingerprint density at radius 2 is 1.91 bits per heavy atom. The lowest BCUT2D eigenvalue weighted by Crippen LogP contribution is -2.28. The van der Waals surface area contributed by atoms with E-state index in [0.29, 0.717) is 6.42 Å². The molecule has 118 valence electrons. The van der Waals surface area contributed by atoms with Crippen LogP contribution in [0.2, 0.25) is 0 Å². The van der Waals surface area contributed by atoms with Crippen molar-refractivity contribution < 1.29 is 4.79 Å². The smallest absolute Gasteiger partial charge is 0.225 e. The molecule has 2 rings (SSSR count). The molecule has 0 aliphatic heterocycles. The third-order valence-corrected chi connectivity index (χ3v) is 4.26. The van der Waals surface area contributed by atoms with Crippen molar-refractivity contribution in [1.29, 1.82) is 0 Å². The Hall–Kier alpha value is -2.10. The maximum absolute atomic E-state index is 12.3. The highest BCUT2D eigenvalue weighted by atomic mass is 16.1. The fourth-order valence-electron chi connectivity index (χ4n) is 2.65. The molecule has 1 unspecified atom stereocenters. The lowest BCUT2D eigenvalue weighted by atomic mass is 10.0. The second-order valence-corrected chi connectivity index (χ2v) is 5.83. The van der Waals surface area contributed by atoms with E-state index in [9.17, 15) is 4.79 Å². The first kappa shape index (κ1) is 16.3. The number of amides is 1. The molecule has 1 aromatic heterocycles. The van der Waals surface area contributed by atoms with Crippen LogP contribution in [0.5, 0.6) is 0 Å². The van der Waals surface area contributed by atoms with Gasteiger partial charge < -0.3 is 5.32 Å². The molecule has 0 bridgehead atoms. The third-order valence-electron chi connectivity index (χ3n) is 4.26.